The number of rotatable bonds is 1. The highest BCUT2D eigenvalue weighted by atomic mass is 79.9. The van der Waals surface area contributed by atoms with E-state index in [0.29, 0.717) is 13.2 Å². The molecular formula is C10H15BrF3NO. The number of likely N-dealkylation sites (tertiary alicyclic amines) is 1. The van der Waals surface area contributed by atoms with Crippen LogP contribution in [0.5, 0.6) is 0 Å². The number of nitrogens with zero attached hydrogens (tertiary/aromatic N) is 1. The van der Waals surface area contributed by atoms with Crippen LogP contribution < -0.4 is 0 Å². The molecule has 2 nitrogen and oxygen atoms in total. The number of hydrogen-bond acceptors (Lipinski definition) is 2. The number of ether oxygens (including phenoxy) is 1. The van der Waals surface area contributed by atoms with Crippen LogP contribution in [0, 0.1) is 5.92 Å². The van der Waals surface area contributed by atoms with Gasteiger partial charge < -0.3 is 4.74 Å². The van der Waals surface area contributed by atoms with Gasteiger partial charge in [0, 0.05) is 24.5 Å². The zero-order chi connectivity index (χ0) is 11.8. The van der Waals surface area contributed by atoms with Crippen LogP contribution >= 0.6 is 15.9 Å². The van der Waals surface area contributed by atoms with Gasteiger partial charge in [0.2, 0.25) is 0 Å². The fourth-order valence-corrected chi connectivity index (χ4v) is 3.19. The minimum atomic E-state index is -4.11. The molecule has 6 heteroatoms. The molecule has 16 heavy (non-hydrogen) atoms. The standard InChI is InChI=1S/C10H15BrF3NO/c11-8-6-15(5-7(8)10(12,13)14)9-3-1-2-4-16-9/h7-9H,1-6H2. The molecule has 2 aliphatic rings. The predicted octanol–water partition coefficient (Wildman–Crippen LogP) is 2.77. The summed E-state index contributed by atoms with van der Waals surface area (Å²) in [5.74, 6) is -1.27. The van der Waals surface area contributed by atoms with Gasteiger partial charge >= 0.3 is 6.18 Å². The maximum Gasteiger partial charge on any atom is 0.394 e. The smallest absolute Gasteiger partial charge is 0.363 e. The molecule has 2 fully saturated rings. The summed E-state index contributed by atoms with van der Waals surface area (Å²) < 4.78 is 43.5. The molecule has 2 heterocycles. The van der Waals surface area contributed by atoms with Crippen molar-refractivity contribution in [2.75, 3.05) is 19.7 Å². The van der Waals surface area contributed by atoms with Gasteiger partial charge in [-0.25, -0.2) is 0 Å². The highest BCUT2D eigenvalue weighted by molar-refractivity contribution is 9.09. The fraction of sp³-hybridized carbons (Fsp3) is 1.00. The van der Waals surface area contributed by atoms with Crippen molar-refractivity contribution in [3.8, 4) is 0 Å². The van der Waals surface area contributed by atoms with Gasteiger partial charge in [-0.1, -0.05) is 15.9 Å². The molecule has 0 aliphatic carbocycles. The van der Waals surface area contributed by atoms with E-state index in [4.69, 9.17) is 4.74 Å². The molecule has 0 amide bonds. The van der Waals surface area contributed by atoms with E-state index in [9.17, 15) is 13.2 Å². The first-order valence-electron chi connectivity index (χ1n) is 5.55. The lowest BCUT2D eigenvalue weighted by Crippen LogP contribution is -2.39. The zero-order valence-electron chi connectivity index (χ0n) is 8.84. The predicted molar refractivity (Wildman–Crippen MR) is 57.4 cm³/mol. The highest BCUT2D eigenvalue weighted by Gasteiger charge is 2.50. The second-order valence-corrected chi connectivity index (χ2v) is 5.62. The SMILES string of the molecule is FC(F)(F)C1CN(C2CCCCO2)CC1Br. The second-order valence-electron chi connectivity index (χ2n) is 4.44. The molecule has 2 aliphatic heterocycles. The van der Waals surface area contributed by atoms with E-state index in [1.807, 2.05) is 4.90 Å². The van der Waals surface area contributed by atoms with Crippen molar-refractivity contribution in [1.82, 2.24) is 4.90 Å². The van der Waals surface area contributed by atoms with Crippen molar-refractivity contribution >= 4 is 15.9 Å². The summed E-state index contributed by atoms with van der Waals surface area (Å²) in [6.07, 6.45) is -1.31. The first kappa shape index (κ1) is 12.6. The minimum Gasteiger partial charge on any atom is -0.363 e. The summed E-state index contributed by atoms with van der Waals surface area (Å²) in [6, 6.07) is 0. The fourth-order valence-electron chi connectivity index (χ4n) is 2.35. The normalized spacial score (nSPS) is 37.9. The number of alkyl halides is 4. The minimum absolute atomic E-state index is 0.0596. The summed E-state index contributed by atoms with van der Waals surface area (Å²) >= 11 is 3.13. The summed E-state index contributed by atoms with van der Waals surface area (Å²) in [5.41, 5.74) is 0. The molecule has 2 rings (SSSR count). The summed E-state index contributed by atoms with van der Waals surface area (Å²) in [6.45, 7) is 1.16. The Balaban J connectivity index is 1.95. The Kier molecular flexibility index (Phi) is 3.81. The molecule has 0 aromatic carbocycles. The van der Waals surface area contributed by atoms with Crippen molar-refractivity contribution in [3.05, 3.63) is 0 Å². The second kappa shape index (κ2) is 4.82. The first-order chi connectivity index (χ1) is 7.48. The average molecular weight is 302 g/mol. The largest absolute Gasteiger partial charge is 0.394 e. The third-order valence-corrected chi connectivity index (χ3v) is 4.19. The van der Waals surface area contributed by atoms with Crippen molar-refractivity contribution < 1.29 is 17.9 Å². The van der Waals surface area contributed by atoms with Crippen molar-refractivity contribution in [2.45, 2.75) is 36.5 Å². The Hall–Kier alpha value is 0.190. The van der Waals surface area contributed by atoms with Gasteiger partial charge in [-0.3, -0.25) is 4.90 Å². The molecule has 0 spiro atoms. The van der Waals surface area contributed by atoms with E-state index in [-0.39, 0.29) is 12.8 Å². The van der Waals surface area contributed by atoms with Gasteiger partial charge in [0.25, 0.3) is 0 Å². The molecule has 0 radical (unpaired) electrons. The van der Waals surface area contributed by atoms with Gasteiger partial charge in [0.1, 0.15) is 6.23 Å². The Labute approximate surface area is 101 Å². The Bertz CT molecular complexity index is 243. The van der Waals surface area contributed by atoms with Crippen LogP contribution in [-0.2, 0) is 4.74 Å². The van der Waals surface area contributed by atoms with Crippen LogP contribution in [-0.4, -0.2) is 41.8 Å². The molecule has 0 N–H and O–H groups in total. The van der Waals surface area contributed by atoms with Crippen LogP contribution in [0.3, 0.4) is 0 Å². The van der Waals surface area contributed by atoms with Gasteiger partial charge in [0.05, 0.1) is 5.92 Å². The summed E-state index contributed by atoms with van der Waals surface area (Å²) in [4.78, 5) is 1.31. The maximum absolute atomic E-state index is 12.7. The van der Waals surface area contributed by atoms with Crippen molar-refractivity contribution in [1.29, 1.82) is 0 Å². The topological polar surface area (TPSA) is 12.5 Å². The van der Waals surface area contributed by atoms with Gasteiger partial charge in [-0.2, -0.15) is 13.2 Å². The van der Waals surface area contributed by atoms with Gasteiger partial charge in [0.15, 0.2) is 0 Å². The van der Waals surface area contributed by atoms with E-state index in [2.05, 4.69) is 15.9 Å². The van der Waals surface area contributed by atoms with Crippen LogP contribution in [0.15, 0.2) is 0 Å². The van der Waals surface area contributed by atoms with Crippen LogP contribution in [0.25, 0.3) is 0 Å². The van der Waals surface area contributed by atoms with Crippen LogP contribution in [0.2, 0.25) is 0 Å². The lowest BCUT2D eigenvalue weighted by Gasteiger charge is -2.31. The molecule has 3 atom stereocenters. The molecular weight excluding hydrogens is 287 g/mol. The molecule has 0 aromatic heterocycles. The van der Waals surface area contributed by atoms with E-state index in [0.717, 1.165) is 19.3 Å². The van der Waals surface area contributed by atoms with Gasteiger partial charge in [-0.05, 0) is 19.3 Å². The molecule has 0 bridgehead atoms. The Morgan fingerprint density at radius 1 is 1.19 bits per heavy atom. The van der Waals surface area contributed by atoms with Crippen LogP contribution in [0.1, 0.15) is 19.3 Å². The third kappa shape index (κ3) is 2.71. The highest BCUT2D eigenvalue weighted by Crippen LogP contribution is 2.38. The quantitative estimate of drug-likeness (QED) is 0.691. The summed E-state index contributed by atoms with van der Waals surface area (Å²) in [7, 11) is 0. The molecule has 94 valence electrons. The summed E-state index contributed by atoms with van der Waals surface area (Å²) in [5, 5.41) is 0. The maximum atomic E-state index is 12.7. The van der Waals surface area contributed by atoms with E-state index in [1.165, 1.54) is 0 Å². The third-order valence-electron chi connectivity index (χ3n) is 3.26. The van der Waals surface area contributed by atoms with Crippen molar-refractivity contribution in [2.24, 2.45) is 5.92 Å². The number of hydrogen-bond donors (Lipinski definition) is 0. The lowest BCUT2D eigenvalue weighted by molar-refractivity contribution is -0.172. The van der Waals surface area contributed by atoms with Crippen molar-refractivity contribution in [3.63, 3.8) is 0 Å². The van der Waals surface area contributed by atoms with Gasteiger partial charge in [-0.15, -0.1) is 0 Å². The van der Waals surface area contributed by atoms with E-state index in [1.54, 1.807) is 0 Å². The first-order valence-corrected chi connectivity index (χ1v) is 6.46. The molecule has 3 unspecified atom stereocenters. The average Bonchev–Trinajstić information content (AvgIpc) is 2.61. The molecule has 2 saturated heterocycles. The number of halogens is 4. The Morgan fingerprint density at radius 2 is 1.94 bits per heavy atom. The molecule has 0 saturated carbocycles. The molecule has 0 aromatic rings. The van der Waals surface area contributed by atoms with E-state index >= 15 is 0 Å². The zero-order valence-corrected chi connectivity index (χ0v) is 10.4. The lowest BCUT2D eigenvalue weighted by atomic mass is 10.1. The van der Waals surface area contributed by atoms with Crippen LogP contribution in [0.4, 0.5) is 13.2 Å². The van der Waals surface area contributed by atoms with E-state index < -0.39 is 16.9 Å². The monoisotopic (exact) mass is 301 g/mol. The Morgan fingerprint density at radius 3 is 2.44 bits per heavy atom.